The lowest BCUT2D eigenvalue weighted by atomic mass is 10.0. The van der Waals surface area contributed by atoms with E-state index in [1.165, 1.54) is 11.6 Å². The van der Waals surface area contributed by atoms with Crippen LogP contribution >= 0.6 is 11.3 Å². The molecule has 0 aliphatic carbocycles. The first-order valence-corrected chi connectivity index (χ1v) is 11.9. The van der Waals surface area contributed by atoms with Gasteiger partial charge in [0.05, 0.1) is 5.69 Å². The minimum atomic E-state index is -4.64. The number of allylic oxidation sites excluding steroid dienone is 1. The molecule has 1 N–H and O–H groups in total. The van der Waals surface area contributed by atoms with Crippen LogP contribution in [0.1, 0.15) is 21.7 Å². The fourth-order valence-corrected chi connectivity index (χ4v) is 4.37. The van der Waals surface area contributed by atoms with Gasteiger partial charge < -0.3 is 0 Å². The molecule has 37 heavy (non-hydrogen) atoms. The Balaban J connectivity index is 1.39. The quantitative estimate of drug-likeness (QED) is 0.204. The predicted molar refractivity (Wildman–Crippen MR) is 139 cm³/mol. The Bertz CT molecular complexity index is 1620. The van der Waals surface area contributed by atoms with Crippen LogP contribution in [0.4, 0.5) is 13.2 Å². The number of hydrogen-bond donors (Lipinski definition) is 1. The summed E-state index contributed by atoms with van der Waals surface area (Å²) in [7, 11) is 0. The molecule has 2 heterocycles. The van der Waals surface area contributed by atoms with Crippen molar-refractivity contribution in [2.75, 3.05) is 0 Å². The van der Waals surface area contributed by atoms with Gasteiger partial charge in [0.1, 0.15) is 5.69 Å². The average molecular weight is 518 g/mol. The van der Waals surface area contributed by atoms with Crippen molar-refractivity contribution in [1.82, 2.24) is 20.2 Å². The van der Waals surface area contributed by atoms with Crippen LogP contribution in [0.25, 0.3) is 33.2 Å². The van der Waals surface area contributed by atoms with E-state index in [0.717, 1.165) is 38.4 Å². The zero-order valence-electron chi connectivity index (χ0n) is 19.1. The molecule has 0 spiro atoms. The molecule has 0 atom stereocenters. The molecule has 10 heteroatoms. The standard InChI is InChI=1S/C27H18F3N5OS/c28-27(29,30)24-16-23(21-13-12-19-10-4-5-11-20(19)15-21)35(34-24)26-32-22(17-37-26)25(36)33-31-14-6-9-18-7-2-1-3-8-18/h1-17H,(H,33,36). The number of nitrogens with one attached hydrogen (secondary N) is 1. The van der Waals surface area contributed by atoms with Crippen LogP contribution in [0.15, 0.2) is 95.4 Å². The monoisotopic (exact) mass is 517 g/mol. The number of amides is 1. The number of aromatic nitrogens is 3. The molecule has 0 aliphatic heterocycles. The lowest BCUT2D eigenvalue weighted by molar-refractivity contribution is -0.141. The Kier molecular flexibility index (Phi) is 6.65. The normalized spacial score (nSPS) is 12.1. The second-order valence-electron chi connectivity index (χ2n) is 7.89. The maximum absolute atomic E-state index is 13.5. The summed E-state index contributed by atoms with van der Waals surface area (Å²) in [5.74, 6) is -0.595. The van der Waals surface area contributed by atoms with Crippen LogP contribution < -0.4 is 5.43 Å². The van der Waals surface area contributed by atoms with Gasteiger partial charge in [-0.05, 0) is 34.5 Å². The van der Waals surface area contributed by atoms with Crippen molar-refractivity contribution in [2.24, 2.45) is 5.10 Å². The predicted octanol–water partition coefficient (Wildman–Crippen LogP) is 6.60. The van der Waals surface area contributed by atoms with Crippen LogP contribution in [0, 0.1) is 0 Å². The van der Waals surface area contributed by atoms with Crippen molar-refractivity contribution in [3.8, 4) is 16.4 Å². The summed E-state index contributed by atoms with van der Waals surface area (Å²) in [6.45, 7) is 0. The van der Waals surface area contributed by atoms with Crippen molar-refractivity contribution < 1.29 is 18.0 Å². The third-order valence-corrected chi connectivity index (χ3v) is 6.18. The highest BCUT2D eigenvalue weighted by atomic mass is 32.1. The highest BCUT2D eigenvalue weighted by Crippen LogP contribution is 2.34. The van der Waals surface area contributed by atoms with E-state index in [-0.39, 0.29) is 16.5 Å². The molecular formula is C27H18F3N5OS. The van der Waals surface area contributed by atoms with Gasteiger partial charge in [0.15, 0.2) is 5.69 Å². The first-order chi connectivity index (χ1) is 17.9. The van der Waals surface area contributed by atoms with Gasteiger partial charge in [-0.1, -0.05) is 72.8 Å². The molecule has 3 aromatic carbocycles. The number of hydrogen-bond acceptors (Lipinski definition) is 5. The highest BCUT2D eigenvalue weighted by Gasteiger charge is 2.35. The zero-order chi connectivity index (χ0) is 25.8. The Morgan fingerprint density at radius 1 is 0.973 bits per heavy atom. The highest BCUT2D eigenvalue weighted by molar-refractivity contribution is 7.12. The van der Waals surface area contributed by atoms with Crippen LogP contribution in [-0.2, 0) is 6.18 Å². The number of nitrogens with zero attached hydrogens (tertiary/aromatic N) is 4. The van der Waals surface area contributed by atoms with E-state index in [0.29, 0.717) is 5.56 Å². The van der Waals surface area contributed by atoms with E-state index in [2.05, 4.69) is 20.6 Å². The van der Waals surface area contributed by atoms with Gasteiger partial charge in [-0.2, -0.15) is 23.4 Å². The zero-order valence-corrected chi connectivity index (χ0v) is 19.9. The summed E-state index contributed by atoms with van der Waals surface area (Å²) < 4.78 is 41.7. The van der Waals surface area contributed by atoms with Gasteiger partial charge in [-0.15, -0.1) is 11.3 Å². The SMILES string of the molecule is O=C(NN=CC=Cc1ccccc1)c1csc(-n2nc(C(F)(F)F)cc2-c2ccc3ccccc3c2)n1. The van der Waals surface area contributed by atoms with Crippen LogP contribution in [0.5, 0.6) is 0 Å². The lowest BCUT2D eigenvalue weighted by Gasteiger charge is -2.06. The van der Waals surface area contributed by atoms with Crippen LogP contribution in [-0.4, -0.2) is 26.9 Å². The molecule has 0 aliphatic rings. The van der Waals surface area contributed by atoms with Crippen LogP contribution in [0.3, 0.4) is 0 Å². The fourth-order valence-electron chi connectivity index (χ4n) is 3.60. The Morgan fingerprint density at radius 2 is 1.73 bits per heavy atom. The molecule has 5 rings (SSSR count). The summed E-state index contributed by atoms with van der Waals surface area (Å²) in [6, 6.07) is 23.4. The van der Waals surface area contributed by atoms with E-state index < -0.39 is 17.8 Å². The third kappa shape index (κ3) is 5.49. The van der Waals surface area contributed by atoms with Gasteiger partial charge >= 0.3 is 6.18 Å². The maximum atomic E-state index is 13.5. The van der Waals surface area contributed by atoms with Gasteiger partial charge in [0.2, 0.25) is 5.13 Å². The molecule has 0 bridgehead atoms. The van der Waals surface area contributed by atoms with Gasteiger partial charge in [-0.25, -0.2) is 15.1 Å². The second kappa shape index (κ2) is 10.2. The molecule has 0 saturated carbocycles. The molecule has 2 aromatic heterocycles. The molecule has 0 unspecified atom stereocenters. The molecule has 5 aromatic rings. The van der Waals surface area contributed by atoms with Crippen molar-refractivity contribution in [1.29, 1.82) is 0 Å². The molecule has 184 valence electrons. The smallest absolute Gasteiger partial charge is 0.266 e. The van der Waals surface area contributed by atoms with Crippen molar-refractivity contribution in [3.63, 3.8) is 0 Å². The van der Waals surface area contributed by atoms with Gasteiger partial charge in [0, 0.05) is 17.2 Å². The van der Waals surface area contributed by atoms with Gasteiger partial charge in [-0.3, -0.25) is 4.79 Å². The van der Waals surface area contributed by atoms with E-state index in [9.17, 15) is 18.0 Å². The minimum Gasteiger partial charge on any atom is -0.266 e. The second-order valence-corrected chi connectivity index (χ2v) is 8.73. The Hall–Kier alpha value is -4.57. The number of halogens is 3. The minimum absolute atomic E-state index is 0.0118. The number of carbonyl (C=O) groups is 1. The maximum Gasteiger partial charge on any atom is 0.435 e. The number of carbonyl (C=O) groups excluding carboxylic acids is 1. The van der Waals surface area contributed by atoms with E-state index in [1.807, 2.05) is 66.7 Å². The first kappa shape index (κ1) is 24.1. The molecule has 0 saturated heterocycles. The molecular weight excluding hydrogens is 499 g/mol. The number of thiazole rings is 1. The van der Waals surface area contributed by atoms with E-state index in [1.54, 1.807) is 18.2 Å². The molecule has 1 amide bonds. The number of fused-ring (bicyclic) bond motifs is 1. The molecule has 6 nitrogen and oxygen atoms in total. The molecule has 0 radical (unpaired) electrons. The summed E-state index contributed by atoms with van der Waals surface area (Å²) in [5.41, 5.74) is 3.05. The third-order valence-electron chi connectivity index (χ3n) is 5.37. The van der Waals surface area contributed by atoms with Crippen LogP contribution in [0.2, 0.25) is 0 Å². The van der Waals surface area contributed by atoms with E-state index in [4.69, 9.17) is 0 Å². The summed E-state index contributed by atoms with van der Waals surface area (Å²) in [5, 5.41) is 11.0. The number of alkyl halides is 3. The lowest BCUT2D eigenvalue weighted by Crippen LogP contribution is -2.18. The number of hydrazone groups is 1. The summed E-state index contributed by atoms with van der Waals surface area (Å²) in [6.07, 6.45) is 0.261. The van der Waals surface area contributed by atoms with Crippen molar-refractivity contribution in [2.45, 2.75) is 6.18 Å². The van der Waals surface area contributed by atoms with E-state index >= 15 is 0 Å². The first-order valence-electron chi connectivity index (χ1n) is 11.1. The van der Waals surface area contributed by atoms with Crippen molar-refractivity contribution >= 4 is 40.3 Å². The molecule has 0 fully saturated rings. The van der Waals surface area contributed by atoms with Crippen molar-refractivity contribution in [3.05, 3.63) is 107 Å². The van der Waals surface area contributed by atoms with Gasteiger partial charge in [0.25, 0.3) is 5.91 Å². The Labute approximate surface area is 213 Å². The number of rotatable bonds is 6. The fraction of sp³-hybridized carbons (Fsp3) is 0.0370. The number of benzene rings is 3. The summed E-state index contributed by atoms with van der Waals surface area (Å²) in [4.78, 5) is 16.7. The topological polar surface area (TPSA) is 72.2 Å². The largest absolute Gasteiger partial charge is 0.435 e. The Morgan fingerprint density at radius 3 is 2.51 bits per heavy atom. The average Bonchev–Trinajstić information content (AvgIpc) is 3.57. The summed E-state index contributed by atoms with van der Waals surface area (Å²) >= 11 is 1.00.